The monoisotopic (exact) mass is 295 g/mol. The number of pyridine rings is 1. The fraction of sp³-hybridized carbons (Fsp3) is 0.462. The van der Waals surface area contributed by atoms with Crippen molar-refractivity contribution < 1.29 is 0 Å². The number of rotatable bonds is 4. The standard InChI is InChI=1S/C13H18BrN3/c1-10-12(14)2-3-13(17-10)16-9-6-11-4-7-15-8-5-11/h2-4,15H,5-9H2,1H3,(H,16,17). The summed E-state index contributed by atoms with van der Waals surface area (Å²) in [5.41, 5.74) is 2.57. The van der Waals surface area contributed by atoms with Crippen LogP contribution in [-0.2, 0) is 0 Å². The van der Waals surface area contributed by atoms with Gasteiger partial charge in [-0.1, -0.05) is 11.6 Å². The summed E-state index contributed by atoms with van der Waals surface area (Å²) in [6, 6.07) is 4.04. The van der Waals surface area contributed by atoms with Crippen LogP contribution in [0.2, 0.25) is 0 Å². The highest BCUT2D eigenvalue weighted by Gasteiger charge is 2.03. The molecule has 1 aromatic heterocycles. The zero-order valence-corrected chi connectivity index (χ0v) is 11.7. The fourth-order valence-electron chi connectivity index (χ4n) is 1.89. The van der Waals surface area contributed by atoms with E-state index in [0.717, 1.165) is 42.0 Å². The van der Waals surface area contributed by atoms with Crippen LogP contribution in [0.15, 0.2) is 28.3 Å². The maximum atomic E-state index is 4.47. The van der Waals surface area contributed by atoms with Crippen LogP contribution in [0.25, 0.3) is 0 Å². The van der Waals surface area contributed by atoms with Crippen molar-refractivity contribution in [2.75, 3.05) is 25.0 Å². The second-order valence-electron chi connectivity index (χ2n) is 4.26. The normalized spacial score (nSPS) is 15.5. The lowest BCUT2D eigenvalue weighted by Crippen LogP contribution is -2.21. The molecule has 2 rings (SSSR count). The van der Waals surface area contributed by atoms with Crippen molar-refractivity contribution in [1.29, 1.82) is 0 Å². The molecule has 1 aromatic rings. The minimum absolute atomic E-state index is 0.958. The van der Waals surface area contributed by atoms with Crippen molar-refractivity contribution in [3.05, 3.63) is 33.9 Å². The molecule has 0 radical (unpaired) electrons. The van der Waals surface area contributed by atoms with E-state index in [9.17, 15) is 0 Å². The van der Waals surface area contributed by atoms with Crippen molar-refractivity contribution in [3.63, 3.8) is 0 Å². The molecule has 0 aromatic carbocycles. The summed E-state index contributed by atoms with van der Waals surface area (Å²) < 4.78 is 1.06. The molecule has 2 N–H and O–H groups in total. The molecule has 4 heteroatoms. The predicted molar refractivity (Wildman–Crippen MR) is 75.4 cm³/mol. The second-order valence-corrected chi connectivity index (χ2v) is 5.11. The van der Waals surface area contributed by atoms with Crippen LogP contribution in [0, 0.1) is 6.92 Å². The second kappa shape index (κ2) is 6.17. The number of anilines is 1. The Hall–Kier alpha value is -0.870. The molecule has 0 amide bonds. The highest BCUT2D eigenvalue weighted by Crippen LogP contribution is 2.16. The van der Waals surface area contributed by atoms with E-state index in [2.05, 4.69) is 37.6 Å². The van der Waals surface area contributed by atoms with Crippen LogP contribution < -0.4 is 10.6 Å². The van der Waals surface area contributed by atoms with Gasteiger partial charge in [0.1, 0.15) is 5.82 Å². The number of nitrogens with zero attached hydrogens (tertiary/aromatic N) is 1. The molecule has 1 aliphatic rings. The van der Waals surface area contributed by atoms with Gasteiger partial charge in [-0.15, -0.1) is 0 Å². The van der Waals surface area contributed by atoms with Gasteiger partial charge in [0, 0.05) is 17.6 Å². The largest absolute Gasteiger partial charge is 0.370 e. The molecule has 2 heterocycles. The Bertz CT molecular complexity index is 415. The molecule has 0 saturated carbocycles. The summed E-state index contributed by atoms with van der Waals surface area (Å²) >= 11 is 3.45. The quantitative estimate of drug-likeness (QED) is 0.839. The summed E-state index contributed by atoms with van der Waals surface area (Å²) in [6.45, 7) is 5.09. The lowest BCUT2D eigenvalue weighted by Gasteiger charge is -2.14. The van der Waals surface area contributed by atoms with Crippen molar-refractivity contribution in [2.24, 2.45) is 0 Å². The summed E-state index contributed by atoms with van der Waals surface area (Å²) in [4.78, 5) is 4.47. The Balaban J connectivity index is 1.81. The Labute approximate surface area is 111 Å². The third-order valence-electron chi connectivity index (χ3n) is 2.93. The Morgan fingerprint density at radius 2 is 2.35 bits per heavy atom. The molecule has 1 aliphatic heterocycles. The summed E-state index contributed by atoms with van der Waals surface area (Å²) in [5, 5.41) is 6.69. The highest BCUT2D eigenvalue weighted by molar-refractivity contribution is 9.10. The number of nitrogens with one attached hydrogen (secondary N) is 2. The molecule has 0 bridgehead atoms. The minimum Gasteiger partial charge on any atom is -0.370 e. The summed E-state index contributed by atoms with van der Waals surface area (Å²) in [6.07, 6.45) is 4.58. The first-order chi connectivity index (χ1) is 8.25. The van der Waals surface area contributed by atoms with Gasteiger partial charge < -0.3 is 10.6 Å². The number of aromatic nitrogens is 1. The minimum atomic E-state index is 0.958. The van der Waals surface area contributed by atoms with Crippen LogP contribution in [0.5, 0.6) is 0 Å². The van der Waals surface area contributed by atoms with Crippen molar-refractivity contribution in [1.82, 2.24) is 10.3 Å². The number of aryl methyl sites for hydroxylation is 1. The van der Waals surface area contributed by atoms with Gasteiger partial charge in [0.15, 0.2) is 0 Å². The van der Waals surface area contributed by atoms with Crippen molar-refractivity contribution >= 4 is 21.7 Å². The molecule has 3 nitrogen and oxygen atoms in total. The molecule has 17 heavy (non-hydrogen) atoms. The molecule has 92 valence electrons. The van der Waals surface area contributed by atoms with Gasteiger partial charge in [-0.3, -0.25) is 0 Å². The molecule has 0 unspecified atom stereocenters. The number of halogens is 1. The molecule has 0 saturated heterocycles. The smallest absolute Gasteiger partial charge is 0.126 e. The predicted octanol–water partition coefficient (Wildman–Crippen LogP) is 2.87. The van der Waals surface area contributed by atoms with Gasteiger partial charge >= 0.3 is 0 Å². The fourth-order valence-corrected chi connectivity index (χ4v) is 2.11. The molecule has 0 aliphatic carbocycles. The van der Waals surface area contributed by atoms with Gasteiger partial charge in [-0.2, -0.15) is 0 Å². The molecule has 0 spiro atoms. The first-order valence-electron chi connectivity index (χ1n) is 6.01. The molecular formula is C13H18BrN3. The highest BCUT2D eigenvalue weighted by atomic mass is 79.9. The van der Waals surface area contributed by atoms with Crippen LogP contribution >= 0.6 is 15.9 Å². The average molecular weight is 296 g/mol. The van der Waals surface area contributed by atoms with E-state index in [1.807, 2.05) is 19.1 Å². The third-order valence-corrected chi connectivity index (χ3v) is 3.77. The maximum Gasteiger partial charge on any atom is 0.126 e. The molecule has 0 fully saturated rings. The van der Waals surface area contributed by atoms with Crippen molar-refractivity contribution in [2.45, 2.75) is 19.8 Å². The third kappa shape index (κ3) is 3.82. The summed E-state index contributed by atoms with van der Waals surface area (Å²) in [7, 11) is 0. The Morgan fingerprint density at radius 3 is 3.06 bits per heavy atom. The van der Waals surface area contributed by atoms with E-state index < -0.39 is 0 Å². The van der Waals surface area contributed by atoms with Gasteiger partial charge in [0.2, 0.25) is 0 Å². The maximum absolute atomic E-state index is 4.47. The van der Waals surface area contributed by atoms with Crippen LogP contribution in [0.3, 0.4) is 0 Å². The first-order valence-corrected chi connectivity index (χ1v) is 6.80. The van der Waals surface area contributed by atoms with Gasteiger partial charge in [0.25, 0.3) is 0 Å². The zero-order valence-electron chi connectivity index (χ0n) is 10.1. The van der Waals surface area contributed by atoms with E-state index in [-0.39, 0.29) is 0 Å². The zero-order chi connectivity index (χ0) is 12.1. The van der Waals surface area contributed by atoms with E-state index in [1.165, 1.54) is 6.42 Å². The van der Waals surface area contributed by atoms with E-state index in [4.69, 9.17) is 0 Å². The number of hydrogen-bond donors (Lipinski definition) is 2. The van der Waals surface area contributed by atoms with E-state index in [1.54, 1.807) is 5.57 Å². The lowest BCUT2D eigenvalue weighted by molar-refractivity contribution is 0.683. The Morgan fingerprint density at radius 1 is 1.47 bits per heavy atom. The molecule has 0 atom stereocenters. The average Bonchev–Trinajstić information content (AvgIpc) is 2.35. The van der Waals surface area contributed by atoms with Crippen LogP contribution in [-0.4, -0.2) is 24.6 Å². The van der Waals surface area contributed by atoms with Gasteiger partial charge in [-0.25, -0.2) is 4.98 Å². The van der Waals surface area contributed by atoms with Crippen LogP contribution in [0.4, 0.5) is 5.82 Å². The summed E-state index contributed by atoms with van der Waals surface area (Å²) in [5.74, 6) is 0.959. The van der Waals surface area contributed by atoms with Crippen molar-refractivity contribution in [3.8, 4) is 0 Å². The SMILES string of the molecule is Cc1nc(NCCC2=CCNCC2)ccc1Br. The van der Waals surface area contributed by atoms with Gasteiger partial charge in [-0.05, 0) is 54.4 Å². The number of hydrogen-bond acceptors (Lipinski definition) is 3. The van der Waals surface area contributed by atoms with E-state index >= 15 is 0 Å². The topological polar surface area (TPSA) is 37.0 Å². The van der Waals surface area contributed by atoms with E-state index in [0.29, 0.717) is 0 Å². The lowest BCUT2D eigenvalue weighted by atomic mass is 10.1. The Kier molecular flexibility index (Phi) is 4.57. The van der Waals surface area contributed by atoms with Crippen LogP contribution in [0.1, 0.15) is 18.5 Å². The molecular weight excluding hydrogens is 278 g/mol. The van der Waals surface area contributed by atoms with Gasteiger partial charge in [0.05, 0.1) is 5.69 Å². The first kappa shape index (κ1) is 12.6.